The third-order valence-electron chi connectivity index (χ3n) is 2.19. The third kappa shape index (κ3) is 3.62. The Morgan fingerprint density at radius 3 is 2.06 bits per heavy atom. The zero-order valence-corrected chi connectivity index (χ0v) is 9.94. The second-order valence-electron chi connectivity index (χ2n) is 4.81. The smallest absolute Gasteiger partial charge is 0.295 e. The van der Waals surface area contributed by atoms with E-state index in [0.717, 1.165) is 0 Å². The molecule has 1 unspecified atom stereocenters. The van der Waals surface area contributed by atoms with Crippen LogP contribution in [0.1, 0.15) is 20.8 Å². The zero-order chi connectivity index (χ0) is 13.2. The lowest BCUT2D eigenvalue weighted by molar-refractivity contribution is -0.354. The van der Waals surface area contributed by atoms with Crippen molar-refractivity contribution in [2.75, 3.05) is 0 Å². The quantitative estimate of drug-likeness (QED) is 0.537. The Hall–Kier alpha value is -0.730. The van der Waals surface area contributed by atoms with Crippen LogP contribution in [0.4, 0.5) is 0 Å². The predicted octanol–water partition coefficient (Wildman–Crippen LogP) is -1.26. The molecule has 0 radical (unpaired) electrons. The summed E-state index contributed by atoms with van der Waals surface area (Å²) in [6.45, 7) is 5.29. The Labute approximate surface area is 98.9 Å². The monoisotopic (exact) mass is 250 g/mol. The third-order valence-corrected chi connectivity index (χ3v) is 2.19. The zero-order valence-electron chi connectivity index (χ0n) is 9.94. The Morgan fingerprint density at radius 2 is 1.59 bits per heavy atom. The molecule has 7 nitrogen and oxygen atoms in total. The van der Waals surface area contributed by atoms with Crippen LogP contribution in [0.15, 0.2) is 0 Å². The summed E-state index contributed by atoms with van der Waals surface area (Å²) in [6.07, 6.45) is -7.00. The minimum Gasteiger partial charge on any atom is -0.435 e. The van der Waals surface area contributed by atoms with E-state index in [0.29, 0.717) is 0 Å². The molecule has 0 spiro atoms. The van der Waals surface area contributed by atoms with Crippen LogP contribution in [-0.4, -0.2) is 58.3 Å². The van der Waals surface area contributed by atoms with Crippen LogP contribution in [0, 0.1) is 0 Å². The normalized spacial score (nSPS) is 38.8. The standard InChI is InChI=1S/C10H18O7/c1-10(2,3)17-9-7(14)5(12)6(13)8(16-9)15-4-11/h4-9,12-14H,1-3H3/t5-,6-,7+,8?,9-/m0/s1. The molecule has 0 saturated carbocycles. The van der Waals surface area contributed by atoms with Crippen molar-refractivity contribution in [2.45, 2.75) is 57.3 Å². The van der Waals surface area contributed by atoms with Crippen LogP contribution in [0.3, 0.4) is 0 Å². The van der Waals surface area contributed by atoms with Crippen molar-refractivity contribution in [3.8, 4) is 0 Å². The summed E-state index contributed by atoms with van der Waals surface area (Å²) in [5.41, 5.74) is -0.626. The topological polar surface area (TPSA) is 105 Å². The van der Waals surface area contributed by atoms with Gasteiger partial charge in [-0.3, -0.25) is 4.79 Å². The number of rotatable bonds is 3. The van der Waals surface area contributed by atoms with Crippen molar-refractivity contribution in [2.24, 2.45) is 0 Å². The molecule has 1 rings (SSSR count). The van der Waals surface area contributed by atoms with Gasteiger partial charge in [0.25, 0.3) is 6.47 Å². The van der Waals surface area contributed by atoms with Gasteiger partial charge in [-0.05, 0) is 20.8 Å². The van der Waals surface area contributed by atoms with Crippen LogP contribution < -0.4 is 0 Å². The number of aliphatic hydroxyl groups is 3. The highest BCUT2D eigenvalue weighted by Gasteiger charge is 2.46. The van der Waals surface area contributed by atoms with Gasteiger partial charge in [-0.25, -0.2) is 0 Å². The molecular formula is C10H18O7. The number of aliphatic hydroxyl groups excluding tert-OH is 3. The van der Waals surface area contributed by atoms with Crippen molar-refractivity contribution < 1.29 is 34.3 Å². The van der Waals surface area contributed by atoms with Gasteiger partial charge in [0, 0.05) is 0 Å². The highest BCUT2D eigenvalue weighted by Crippen LogP contribution is 2.25. The van der Waals surface area contributed by atoms with Gasteiger partial charge >= 0.3 is 0 Å². The molecule has 1 aliphatic heterocycles. The Bertz CT molecular complexity index is 262. The molecule has 0 aromatic carbocycles. The predicted molar refractivity (Wildman–Crippen MR) is 54.7 cm³/mol. The van der Waals surface area contributed by atoms with Crippen LogP contribution in [-0.2, 0) is 19.0 Å². The van der Waals surface area contributed by atoms with Crippen LogP contribution in [0.25, 0.3) is 0 Å². The van der Waals surface area contributed by atoms with E-state index < -0.39 is 36.5 Å². The lowest BCUT2D eigenvalue weighted by Gasteiger charge is -2.41. The van der Waals surface area contributed by atoms with Gasteiger partial charge in [-0.1, -0.05) is 0 Å². The Kier molecular flexibility index (Phi) is 4.45. The highest BCUT2D eigenvalue weighted by atomic mass is 16.8. The van der Waals surface area contributed by atoms with Gasteiger partial charge < -0.3 is 29.5 Å². The van der Waals surface area contributed by atoms with Crippen molar-refractivity contribution >= 4 is 6.47 Å². The van der Waals surface area contributed by atoms with E-state index in [-0.39, 0.29) is 6.47 Å². The maximum absolute atomic E-state index is 10.2. The number of ether oxygens (including phenoxy) is 3. The molecular weight excluding hydrogens is 232 g/mol. The molecule has 1 heterocycles. The van der Waals surface area contributed by atoms with Crippen molar-refractivity contribution in [1.29, 1.82) is 0 Å². The summed E-state index contributed by atoms with van der Waals surface area (Å²) in [4.78, 5) is 10.2. The summed E-state index contributed by atoms with van der Waals surface area (Å²) in [6, 6.07) is 0. The Morgan fingerprint density at radius 1 is 1.06 bits per heavy atom. The second kappa shape index (κ2) is 5.28. The lowest BCUT2D eigenvalue weighted by atomic mass is 10.0. The van der Waals surface area contributed by atoms with Gasteiger partial charge in [0.15, 0.2) is 6.29 Å². The van der Waals surface area contributed by atoms with Gasteiger partial charge in [-0.15, -0.1) is 0 Å². The van der Waals surface area contributed by atoms with E-state index in [1.807, 2.05) is 0 Å². The minimum absolute atomic E-state index is 0.0897. The maximum atomic E-state index is 10.2. The number of carbonyl (C=O) groups is 1. The molecule has 0 amide bonds. The molecule has 100 valence electrons. The molecule has 0 aromatic heterocycles. The highest BCUT2D eigenvalue weighted by molar-refractivity contribution is 5.37. The van der Waals surface area contributed by atoms with Gasteiger partial charge in [0.2, 0.25) is 6.29 Å². The first-order chi connectivity index (χ1) is 7.76. The van der Waals surface area contributed by atoms with Crippen LogP contribution in [0.2, 0.25) is 0 Å². The van der Waals surface area contributed by atoms with Gasteiger partial charge in [0.05, 0.1) is 5.60 Å². The van der Waals surface area contributed by atoms with E-state index >= 15 is 0 Å². The van der Waals surface area contributed by atoms with Gasteiger partial charge in [-0.2, -0.15) is 0 Å². The molecule has 0 bridgehead atoms. The summed E-state index contributed by atoms with van der Waals surface area (Å²) in [5, 5.41) is 28.7. The average molecular weight is 250 g/mol. The number of hydrogen-bond acceptors (Lipinski definition) is 7. The number of hydrogen-bond donors (Lipinski definition) is 3. The molecule has 7 heteroatoms. The fourth-order valence-corrected chi connectivity index (χ4v) is 1.43. The van der Waals surface area contributed by atoms with E-state index in [4.69, 9.17) is 9.47 Å². The second-order valence-corrected chi connectivity index (χ2v) is 4.81. The average Bonchev–Trinajstić information content (AvgIpc) is 2.20. The van der Waals surface area contributed by atoms with Crippen LogP contribution >= 0.6 is 0 Å². The molecule has 0 aromatic rings. The SMILES string of the molecule is CC(C)(C)O[C@@H]1OC(OC=O)[C@@H](O)[C@H](O)[C@H]1O. The first kappa shape index (κ1) is 14.3. The summed E-state index contributed by atoms with van der Waals surface area (Å²) < 4.78 is 14.9. The van der Waals surface area contributed by atoms with Crippen LogP contribution in [0.5, 0.6) is 0 Å². The van der Waals surface area contributed by atoms with Crippen molar-refractivity contribution in [3.63, 3.8) is 0 Å². The first-order valence-electron chi connectivity index (χ1n) is 5.23. The van der Waals surface area contributed by atoms with Crippen molar-refractivity contribution in [1.82, 2.24) is 0 Å². The minimum atomic E-state index is -1.52. The number of carbonyl (C=O) groups excluding carboxylic acids is 1. The summed E-state index contributed by atoms with van der Waals surface area (Å²) in [5.74, 6) is 0. The fourth-order valence-electron chi connectivity index (χ4n) is 1.43. The van der Waals surface area contributed by atoms with E-state index in [1.165, 1.54) is 0 Å². The summed E-state index contributed by atoms with van der Waals surface area (Å²) in [7, 11) is 0. The molecule has 3 N–H and O–H groups in total. The lowest BCUT2D eigenvalue weighted by Crippen LogP contribution is -2.59. The first-order valence-corrected chi connectivity index (χ1v) is 5.23. The molecule has 1 saturated heterocycles. The molecule has 1 fully saturated rings. The molecule has 5 atom stereocenters. The van der Waals surface area contributed by atoms with Crippen molar-refractivity contribution in [3.05, 3.63) is 0 Å². The summed E-state index contributed by atoms with van der Waals surface area (Å²) >= 11 is 0. The molecule has 0 aliphatic carbocycles. The van der Waals surface area contributed by atoms with E-state index in [2.05, 4.69) is 4.74 Å². The largest absolute Gasteiger partial charge is 0.435 e. The van der Waals surface area contributed by atoms with E-state index in [1.54, 1.807) is 20.8 Å². The Balaban J connectivity index is 2.74. The maximum Gasteiger partial charge on any atom is 0.295 e. The van der Waals surface area contributed by atoms with Gasteiger partial charge in [0.1, 0.15) is 18.3 Å². The van der Waals surface area contributed by atoms with E-state index in [9.17, 15) is 20.1 Å². The fraction of sp³-hybridized carbons (Fsp3) is 0.900. The molecule has 17 heavy (non-hydrogen) atoms. The molecule has 1 aliphatic rings.